The molecule has 0 bridgehead atoms. The van der Waals surface area contributed by atoms with Crippen LogP contribution in [-0.2, 0) is 0 Å². The van der Waals surface area contributed by atoms with Gasteiger partial charge in [0, 0.05) is 11.7 Å². The van der Waals surface area contributed by atoms with Crippen LogP contribution < -0.4 is 10.1 Å². The van der Waals surface area contributed by atoms with Crippen LogP contribution in [-0.4, -0.2) is 7.11 Å². The first-order chi connectivity index (χ1) is 9.63. The zero-order valence-corrected chi connectivity index (χ0v) is 12.1. The Bertz CT molecular complexity index is 632. The van der Waals surface area contributed by atoms with Crippen LogP contribution in [0.1, 0.15) is 24.1 Å². The van der Waals surface area contributed by atoms with E-state index in [-0.39, 0.29) is 6.04 Å². The Morgan fingerprint density at radius 2 is 1.90 bits per heavy atom. The second kappa shape index (κ2) is 6.31. The molecular formula is C16H15ClN2O. The van der Waals surface area contributed by atoms with Crippen molar-refractivity contribution < 1.29 is 4.74 Å². The monoisotopic (exact) mass is 286 g/mol. The highest BCUT2D eigenvalue weighted by atomic mass is 35.5. The van der Waals surface area contributed by atoms with Crippen LogP contribution in [0.4, 0.5) is 5.69 Å². The lowest BCUT2D eigenvalue weighted by molar-refractivity contribution is 0.414. The molecule has 2 aromatic carbocycles. The normalized spacial score (nSPS) is 11.5. The van der Waals surface area contributed by atoms with Crippen LogP contribution in [0.3, 0.4) is 0 Å². The van der Waals surface area contributed by atoms with Gasteiger partial charge in [0.1, 0.15) is 11.8 Å². The maximum absolute atomic E-state index is 8.85. The fourth-order valence-electron chi connectivity index (χ4n) is 1.92. The Labute approximate surface area is 123 Å². The number of rotatable bonds is 4. The predicted octanol–water partition coefficient (Wildman–Crippen LogP) is 4.39. The highest BCUT2D eigenvalue weighted by molar-refractivity contribution is 6.32. The fraction of sp³-hybridized carbons (Fsp3) is 0.188. The summed E-state index contributed by atoms with van der Waals surface area (Å²) in [6.07, 6.45) is 0. The van der Waals surface area contributed by atoms with Gasteiger partial charge in [-0.15, -0.1) is 0 Å². The van der Waals surface area contributed by atoms with Gasteiger partial charge in [-0.2, -0.15) is 5.26 Å². The number of benzene rings is 2. The highest BCUT2D eigenvalue weighted by Gasteiger charge is 2.07. The smallest absolute Gasteiger partial charge is 0.118 e. The zero-order chi connectivity index (χ0) is 14.5. The Kier molecular flexibility index (Phi) is 4.49. The summed E-state index contributed by atoms with van der Waals surface area (Å²) >= 11 is 6.02. The van der Waals surface area contributed by atoms with E-state index in [2.05, 4.69) is 12.2 Å². The third-order valence-electron chi connectivity index (χ3n) is 3.09. The molecule has 1 N–H and O–H groups in total. The maximum Gasteiger partial charge on any atom is 0.118 e. The standard InChI is InChI=1S/C16H15ClN2O/c1-11(12-4-7-15(20-2)8-5-12)19-14-6-3-13(10-18)16(17)9-14/h3-9,11,19H,1-2H3. The van der Waals surface area contributed by atoms with E-state index in [1.54, 1.807) is 19.2 Å². The summed E-state index contributed by atoms with van der Waals surface area (Å²) in [4.78, 5) is 0. The molecule has 1 atom stereocenters. The van der Waals surface area contributed by atoms with Crippen LogP contribution in [0.2, 0.25) is 5.02 Å². The summed E-state index contributed by atoms with van der Waals surface area (Å²) in [5.74, 6) is 0.836. The zero-order valence-electron chi connectivity index (χ0n) is 11.4. The molecule has 3 nitrogen and oxygen atoms in total. The molecule has 0 heterocycles. The summed E-state index contributed by atoms with van der Waals surface area (Å²) in [6.45, 7) is 2.06. The van der Waals surface area contributed by atoms with Crippen molar-refractivity contribution >= 4 is 17.3 Å². The second-order valence-corrected chi connectivity index (χ2v) is 4.85. The first-order valence-corrected chi connectivity index (χ1v) is 6.62. The van der Waals surface area contributed by atoms with Gasteiger partial charge in [-0.25, -0.2) is 0 Å². The van der Waals surface area contributed by atoms with E-state index in [9.17, 15) is 0 Å². The molecule has 0 aliphatic rings. The first-order valence-electron chi connectivity index (χ1n) is 6.24. The van der Waals surface area contributed by atoms with Gasteiger partial charge in [-0.05, 0) is 42.8 Å². The SMILES string of the molecule is COc1ccc(C(C)Nc2ccc(C#N)c(Cl)c2)cc1. The van der Waals surface area contributed by atoms with Crippen molar-refractivity contribution in [2.45, 2.75) is 13.0 Å². The Hall–Kier alpha value is -2.18. The van der Waals surface area contributed by atoms with E-state index >= 15 is 0 Å². The average molecular weight is 287 g/mol. The summed E-state index contributed by atoms with van der Waals surface area (Å²) in [6, 6.07) is 15.4. The number of methoxy groups -OCH3 is 1. The van der Waals surface area contributed by atoms with E-state index in [1.807, 2.05) is 36.4 Å². The number of hydrogen-bond acceptors (Lipinski definition) is 3. The predicted molar refractivity (Wildman–Crippen MR) is 81.2 cm³/mol. The van der Waals surface area contributed by atoms with Gasteiger partial charge in [0.15, 0.2) is 0 Å². The molecule has 0 aliphatic carbocycles. The lowest BCUT2D eigenvalue weighted by Gasteiger charge is -2.16. The number of nitrogens with one attached hydrogen (secondary N) is 1. The largest absolute Gasteiger partial charge is 0.497 e. The molecule has 0 aromatic heterocycles. The maximum atomic E-state index is 8.85. The minimum absolute atomic E-state index is 0.130. The Morgan fingerprint density at radius 1 is 1.20 bits per heavy atom. The van der Waals surface area contributed by atoms with Gasteiger partial charge in [0.05, 0.1) is 17.7 Å². The molecule has 0 radical (unpaired) electrons. The molecule has 0 fully saturated rings. The third-order valence-corrected chi connectivity index (χ3v) is 3.40. The number of nitrogens with zero attached hydrogens (tertiary/aromatic N) is 1. The van der Waals surface area contributed by atoms with Gasteiger partial charge in [-0.3, -0.25) is 0 Å². The van der Waals surface area contributed by atoms with Gasteiger partial charge >= 0.3 is 0 Å². The number of halogens is 1. The molecule has 0 saturated heterocycles. The number of ether oxygens (including phenoxy) is 1. The van der Waals surface area contributed by atoms with Crippen molar-refractivity contribution in [3.05, 3.63) is 58.6 Å². The minimum atomic E-state index is 0.130. The topological polar surface area (TPSA) is 45.0 Å². The summed E-state index contributed by atoms with van der Waals surface area (Å²) in [7, 11) is 1.65. The number of nitriles is 1. The summed E-state index contributed by atoms with van der Waals surface area (Å²) in [5.41, 5.74) is 2.51. The lowest BCUT2D eigenvalue weighted by Crippen LogP contribution is -2.06. The molecule has 0 amide bonds. The minimum Gasteiger partial charge on any atom is -0.497 e. The van der Waals surface area contributed by atoms with Crippen LogP contribution in [0.15, 0.2) is 42.5 Å². The van der Waals surface area contributed by atoms with E-state index in [0.29, 0.717) is 10.6 Å². The van der Waals surface area contributed by atoms with E-state index in [0.717, 1.165) is 17.0 Å². The molecule has 2 rings (SSSR count). The van der Waals surface area contributed by atoms with Gasteiger partial charge in [0.2, 0.25) is 0 Å². The van der Waals surface area contributed by atoms with Crippen LogP contribution in [0.25, 0.3) is 0 Å². The molecule has 2 aromatic rings. The molecule has 0 aliphatic heterocycles. The van der Waals surface area contributed by atoms with Crippen molar-refractivity contribution in [2.24, 2.45) is 0 Å². The van der Waals surface area contributed by atoms with E-state index in [4.69, 9.17) is 21.6 Å². The Balaban J connectivity index is 2.12. The molecule has 102 valence electrons. The van der Waals surface area contributed by atoms with Gasteiger partial charge < -0.3 is 10.1 Å². The fourth-order valence-corrected chi connectivity index (χ4v) is 2.14. The van der Waals surface area contributed by atoms with Crippen LogP contribution in [0, 0.1) is 11.3 Å². The third kappa shape index (κ3) is 3.23. The Morgan fingerprint density at radius 3 is 2.45 bits per heavy atom. The van der Waals surface area contributed by atoms with E-state index < -0.39 is 0 Å². The van der Waals surface area contributed by atoms with Crippen molar-refractivity contribution in [3.8, 4) is 11.8 Å². The van der Waals surface area contributed by atoms with Gasteiger partial charge in [-0.1, -0.05) is 23.7 Å². The van der Waals surface area contributed by atoms with Crippen LogP contribution in [0.5, 0.6) is 5.75 Å². The first kappa shape index (κ1) is 14.2. The van der Waals surface area contributed by atoms with Crippen molar-refractivity contribution in [1.29, 1.82) is 5.26 Å². The molecule has 0 spiro atoms. The molecular weight excluding hydrogens is 272 g/mol. The van der Waals surface area contributed by atoms with Crippen molar-refractivity contribution in [2.75, 3.05) is 12.4 Å². The average Bonchev–Trinajstić information content (AvgIpc) is 2.47. The molecule has 4 heteroatoms. The molecule has 20 heavy (non-hydrogen) atoms. The van der Waals surface area contributed by atoms with Gasteiger partial charge in [0.25, 0.3) is 0 Å². The quantitative estimate of drug-likeness (QED) is 0.906. The summed E-state index contributed by atoms with van der Waals surface area (Å²) < 4.78 is 5.14. The molecule has 0 saturated carbocycles. The van der Waals surface area contributed by atoms with Crippen molar-refractivity contribution in [1.82, 2.24) is 0 Å². The number of anilines is 1. The number of hydrogen-bond donors (Lipinski definition) is 1. The van der Waals surface area contributed by atoms with Crippen LogP contribution >= 0.6 is 11.6 Å². The highest BCUT2D eigenvalue weighted by Crippen LogP contribution is 2.25. The molecule has 1 unspecified atom stereocenters. The second-order valence-electron chi connectivity index (χ2n) is 4.45. The summed E-state index contributed by atoms with van der Waals surface area (Å²) in [5, 5.41) is 12.7. The van der Waals surface area contributed by atoms with E-state index in [1.165, 1.54) is 0 Å². The van der Waals surface area contributed by atoms with Crippen molar-refractivity contribution in [3.63, 3.8) is 0 Å². The lowest BCUT2D eigenvalue weighted by atomic mass is 10.1.